The van der Waals surface area contributed by atoms with Gasteiger partial charge in [0.1, 0.15) is 0 Å². The van der Waals surface area contributed by atoms with Crippen molar-refractivity contribution < 1.29 is 0 Å². The molecule has 1 aliphatic heterocycles. The predicted molar refractivity (Wildman–Crippen MR) is 104 cm³/mol. The van der Waals surface area contributed by atoms with Gasteiger partial charge >= 0.3 is 0 Å². The van der Waals surface area contributed by atoms with Crippen molar-refractivity contribution in [1.29, 1.82) is 0 Å². The molecule has 1 fully saturated rings. The highest BCUT2D eigenvalue weighted by Gasteiger charge is 2.36. The van der Waals surface area contributed by atoms with Crippen LogP contribution in [0.2, 0.25) is 0 Å². The molecule has 3 heteroatoms. The summed E-state index contributed by atoms with van der Waals surface area (Å²) in [6.45, 7) is 10.5. The van der Waals surface area contributed by atoms with Gasteiger partial charge < -0.3 is 16.8 Å². The van der Waals surface area contributed by atoms with Crippen LogP contribution in [0.5, 0.6) is 0 Å². The first-order valence-corrected chi connectivity index (χ1v) is 8.80. The van der Waals surface area contributed by atoms with Crippen molar-refractivity contribution in [2.45, 2.75) is 46.0 Å². The molecule has 5 N–H and O–H groups in total. The molecule has 1 saturated heterocycles. The van der Waals surface area contributed by atoms with Gasteiger partial charge in [-0.3, -0.25) is 0 Å². The first kappa shape index (κ1) is 16.8. The summed E-state index contributed by atoms with van der Waals surface area (Å²) in [5, 5.41) is 3.51. The van der Waals surface area contributed by atoms with Crippen molar-refractivity contribution in [2.24, 2.45) is 0 Å². The maximum absolute atomic E-state index is 6.20. The van der Waals surface area contributed by atoms with Crippen LogP contribution in [0.4, 0.5) is 11.4 Å². The van der Waals surface area contributed by atoms with Gasteiger partial charge in [-0.05, 0) is 87.0 Å². The van der Waals surface area contributed by atoms with E-state index in [0.717, 1.165) is 37.3 Å². The van der Waals surface area contributed by atoms with E-state index in [0.29, 0.717) is 0 Å². The van der Waals surface area contributed by atoms with Crippen molar-refractivity contribution in [1.82, 2.24) is 5.32 Å². The standard InChI is InChI=1S/C21H29N3/c1-13-9-17(10-14(2)19(13)22)21(5-7-24-8-6-21)18-11-15(3)20(23)16(4)12-18/h9-12,24H,5-8,22-23H2,1-4H3. The zero-order valence-corrected chi connectivity index (χ0v) is 15.3. The van der Waals surface area contributed by atoms with E-state index in [2.05, 4.69) is 57.3 Å². The summed E-state index contributed by atoms with van der Waals surface area (Å²) in [5.41, 5.74) is 21.7. The Balaban J connectivity index is 2.23. The molecule has 1 heterocycles. The highest BCUT2D eigenvalue weighted by molar-refractivity contribution is 5.60. The van der Waals surface area contributed by atoms with E-state index in [4.69, 9.17) is 11.5 Å². The van der Waals surface area contributed by atoms with Crippen LogP contribution in [0.25, 0.3) is 0 Å². The van der Waals surface area contributed by atoms with Crippen molar-refractivity contribution in [3.05, 3.63) is 57.6 Å². The molecule has 2 aromatic rings. The van der Waals surface area contributed by atoms with Crippen LogP contribution < -0.4 is 16.8 Å². The molecule has 128 valence electrons. The third-order valence-corrected chi connectivity index (χ3v) is 5.75. The SMILES string of the molecule is Cc1cc(C2(c3cc(C)c(N)c(C)c3)CCNCC2)cc(C)c1N. The first-order chi connectivity index (χ1) is 11.3. The lowest BCUT2D eigenvalue weighted by Gasteiger charge is -2.40. The van der Waals surface area contributed by atoms with Crippen LogP contribution in [0.15, 0.2) is 24.3 Å². The molecule has 0 spiro atoms. The second kappa shape index (κ2) is 6.14. The fraction of sp³-hybridized carbons (Fsp3) is 0.429. The number of rotatable bonds is 2. The van der Waals surface area contributed by atoms with Crippen molar-refractivity contribution in [3.8, 4) is 0 Å². The van der Waals surface area contributed by atoms with Crippen molar-refractivity contribution in [2.75, 3.05) is 24.6 Å². The minimum atomic E-state index is 0.0394. The van der Waals surface area contributed by atoms with Crippen molar-refractivity contribution >= 4 is 11.4 Å². The van der Waals surface area contributed by atoms with Gasteiger partial charge in [-0.15, -0.1) is 0 Å². The zero-order valence-electron chi connectivity index (χ0n) is 15.3. The van der Waals surface area contributed by atoms with Crippen LogP contribution in [0.3, 0.4) is 0 Å². The molecule has 0 atom stereocenters. The lowest BCUT2D eigenvalue weighted by molar-refractivity contribution is 0.361. The Bertz CT molecular complexity index is 665. The number of nitrogens with one attached hydrogen (secondary N) is 1. The van der Waals surface area contributed by atoms with Crippen LogP contribution in [0, 0.1) is 27.7 Å². The van der Waals surface area contributed by atoms with E-state index < -0.39 is 0 Å². The van der Waals surface area contributed by atoms with E-state index >= 15 is 0 Å². The van der Waals surface area contributed by atoms with E-state index in [9.17, 15) is 0 Å². The van der Waals surface area contributed by atoms with Gasteiger partial charge in [-0.2, -0.15) is 0 Å². The maximum Gasteiger partial charge on any atom is 0.0373 e. The smallest absolute Gasteiger partial charge is 0.0373 e. The highest BCUT2D eigenvalue weighted by atomic mass is 14.9. The summed E-state index contributed by atoms with van der Waals surface area (Å²) in [6.07, 6.45) is 2.19. The van der Waals surface area contributed by atoms with Gasteiger partial charge in [0.25, 0.3) is 0 Å². The summed E-state index contributed by atoms with van der Waals surface area (Å²) in [5.74, 6) is 0. The number of nitrogen functional groups attached to an aromatic ring is 2. The number of anilines is 2. The molecule has 0 amide bonds. The Morgan fingerprint density at radius 1 is 0.708 bits per heavy atom. The minimum absolute atomic E-state index is 0.0394. The molecule has 24 heavy (non-hydrogen) atoms. The largest absolute Gasteiger partial charge is 0.398 e. The Kier molecular flexibility index (Phi) is 4.31. The number of nitrogens with two attached hydrogens (primary N) is 2. The summed E-state index contributed by atoms with van der Waals surface area (Å²) in [6, 6.07) is 9.15. The third-order valence-electron chi connectivity index (χ3n) is 5.75. The maximum atomic E-state index is 6.20. The molecule has 0 unspecified atom stereocenters. The van der Waals surface area contributed by atoms with Crippen molar-refractivity contribution in [3.63, 3.8) is 0 Å². The van der Waals surface area contributed by atoms with Gasteiger partial charge in [0, 0.05) is 16.8 Å². The molecule has 1 aliphatic rings. The Labute approximate surface area is 145 Å². The molecule has 0 aliphatic carbocycles. The van der Waals surface area contributed by atoms with E-state index in [1.165, 1.54) is 33.4 Å². The fourth-order valence-electron chi connectivity index (χ4n) is 4.10. The monoisotopic (exact) mass is 323 g/mol. The topological polar surface area (TPSA) is 64.1 Å². The molecule has 0 radical (unpaired) electrons. The average molecular weight is 323 g/mol. The first-order valence-electron chi connectivity index (χ1n) is 8.80. The Morgan fingerprint density at radius 2 is 1.04 bits per heavy atom. The van der Waals surface area contributed by atoms with Crippen LogP contribution >= 0.6 is 0 Å². The lowest BCUT2D eigenvalue weighted by Crippen LogP contribution is -2.41. The minimum Gasteiger partial charge on any atom is -0.398 e. The fourth-order valence-corrected chi connectivity index (χ4v) is 4.10. The molecule has 0 saturated carbocycles. The van der Waals surface area contributed by atoms with Gasteiger partial charge in [-0.25, -0.2) is 0 Å². The number of hydrogen-bond donors (Lipinski definition) is 3. The Morgan fingerprint density at radius 3 is 1.38 bits per heavy atom. The number of hydrogen-bond acceptors (Lipinski definition) is 3. The van der Waals surface area contributed by atoms with Gasteiger partial charge in [0.05, 0.1) is 0 Å². The summed E-state index contributed by atoms with van der Waals surface area (Å²) in [7, 11) is 0. The quantitative estimate of drug-likeness (QED) is 0.737. The zero-order chi connectivity index (χ0) is 17.5. The summed E-state index contributed by atoms with van der Waals surface area (Å²) in [4.78, 5) is 0. The van der Waals surface area contributed by atoms with Crippen LogP contribution in [0.1, 0.15) is 46.2 Å². The summed E-state index contributed by atoms with van der Waals surface area (Å²) >= 11 is 0. The average Bonchev–Trinajstić information content (AvgIpc) is 2.57. The molecule has 3 nitrogen and oxygen atoms in total. The van der Waals surface area contributed by atoms with Crippen LogP contribution in [-0.4, -0.2) is 13.1 Å². The summed E-state index contributed by atoms with van der Waals surface area (Å²) < 4.78 is 0. The van der Waals surface area contributed by atoms with Crippen LogP contribution in [-0.2, 0) is 5.41 Å². The lowest BCUT2D eigenvalue weighted by atomic mass is 9.67. The molecule has 0 bridgehead atoms. The van der Waals surface area contributed by atoms with Gasteiger partial charge in [-0.1, -0.05) is 24.3 Å². The molecule has 0 aromatic heterocycles. The van der Waals surface area contributed by atoms with Gasteiger partial charge in [0.2, 0.25) is 0 Å². The molecular weight excluding hydrogens is 294 g/mol. The molecule has 2 aromatic carbocycles. The Hall–Kier alpha value is -2.00. The number of aryl methyl sites for hydroxylation is 4. The van der Waals surface area contributed by atoms with E-state index in [1.54, 1.807) is 0 Å². The molecule has 3 rings (SSSR count). The van der Waals surface area contributed by atoms with Gasteiger partial charge in [0.15, 0.2) is 0 Å². The second-order valence-corrected chi connectivity index (χ2v) is 7.38. The molecular formula is C21H29N3. The normalized spacial score (nSPS) is 17.0. The van der Waals surface area contributed by atoms with E-state index in [1.807, 2.05) is 0 Å². The second-order valence-electron chi connectivity index (χ2n) is 7.38. The van der Waals surface area contributed by atoms with E-state index in [-0.39, 0.29) is 5.41 Å². The third kappa shape index (κ3) is 2.67. The highest BCUT2D eigenvalue weighted by Crippen LogP contribution is 2.43. The number of piperidine rings is 1. The number of benzene rings is 2. The predicted octanol–water partition coefficient (Wildman–Crippen LogP) is 3.75.